The molecule has 0 aliphatic carbocycles. The van der Waals surface area contributed by atoms with Gasteiger partial charge in [-0.25, -0.2) is 4.98 Å². The molecule has 0 fully saturated rings. The summed E-state index contributed by atoms with van der Waals surface area (Å²) in [5, 5.41) is 4.22. The molecule has 3 heteroatoms. The first-order chi connectivity index (χ1) is 12.2. The Labute approximate surface area is 150 Å². The second-order valence-corrected chi connectivity index (χ2v) is 6.70. The molecule has 2 nitrogen and oxygen atoms in total. The molecule has 119 valence electrons. The second kappa shape index (κ2) is 5.33. The lowest BCUT2D eigenvalue weighted by Crippen LogP contribution is -1.87. The number of nitrogens with zero attached hydrogens (tertiary/aromatic N) is 2. The molecule has 0 saturated heterocycles. The molecule has 2 aromatic heterocycles. The number of hydrogen-bond acceptors (Lipinski definition) is 1. The van der Waals surface area contributed by atoms with Gasteiger partial charge >= 0.3 is 0 Å². The summed E-state index contributed by atoms with van der Waals surface area (Å²) in [7, 11) is 2.09. The molecule has 0 N–H and O–H groups in total. The Bertz CT molecular complexity index is 1270. The minimum atomic E-state index is 0.755. The van der Waals surface area contributed by atoms with Crippen LogP contribution >= 0.6 is 11.6 Å². The number of benzene rings is 3. The van der Waals surface area contributed by atoms with Gasteiger partial charge in [-0.05, 0) is 54.6 Å². The van der Waals surface area contributed by atoms with Crippen molar-refractivity contribution in [2.75, 3.05) is 0 Å². The van der Waals surface area contributed by atoms with E-state index in [9.17, 15) is 0 Å². The molecule has 2 heterocycles. The Balaban J connectivity index is 1.78. The molecule has 0 aliphatic rings. The average molecular weight is 342 g/mol. The van der Waals surface area contributed by atoms with Crippen molar-refractivity contribution in [1.29, 1.82) is 0 Å². The Morgan fingerprint density at radius 1 is 0.920 bits per heavy atom. The maximum absolute atomic E-state index is 6.23. The molecule has 5 rings (SSSR count). The molecule has 0 bridgehead atoms. The Morgan fingerprint density at radius 3 is 2.60 bits per heavy atom. The number of halogens is 1. The van der Waals surface area contributed by atoms with E-state index in [2.05, 4.69) is 54.1 Å². The number of hydrogen-bond donors (Lipinski definition) is 0. The summed E-state index contributed by atoms with van der Waals surface area (Å²) in [4.78, 5) is 4.80. The first-order valence-electron chi connectivity index (χ1n) is 8.16. The van der Waals surface area contributed by atoms with Crippen molar-refractivity contribution in [2.45, 2.75) is 0 Å². The van der Waals surface area contributed by atoms with E-state index in [1.807, 2.05) is 30.3 Å². The highest BCUT2D eigenvalue weighted by molar-refractivity contribution is 6.31. The predicted molar refractivity (Wildman–Crippen MR) is 105 cm³/mol. The molecule has 0 atom stereocenters. The topological polar surface area (TPSA) is 17.8 Å². The van der Waals surface area contributed by atoms with E-state index in [1.54, 1.807) is 0 Å². The first kappa shape index (κ1) is 14.5. The summed E-state index contributed by atoms with van der Waals surface area (Å²) in [5.41, 5.74) is 5.43. The van der Waals surface area contributed by atoms with Crippen LogP contribution in [0.5, 0.6) is 0 Å². The number of rotatable bonds is 1. The average Bonchev–Trinajstić information content (AvgIpc) is 2.93. The summed E-state index contributed by atoms with van der Waals surface area (Å²) >= 11 is 6.23. The second-order valence-electron chi connectivity index (χ2n) is 6.27. The lowest BCUT2D eigenvalue weighted by Gasteiger charge is -2.04. The minimum absolute atomic E-state index is 0.755. The van der Waals surface area contributed by atoms with Crippen molar-refractivity contribution in [3.05, 3.63) is 77.8 Å². The molecule has 3 aromatic carbocycles. The van der Waals surface area contributed by atoms with E-state index in [-0.39, 0.29) is 0 Å². The fourth-order valence-corrected chi connectivity index (χ4v) is 3.69. The fraction of sp³-hybridized carbons (Fsp3) is 0.0455. The molecular formula is C22H14ClN2. The van der Waals surface area contributed by atoms with Gasteiger partial charge in [-0.2, -0.15) is 0 Å². The summed E-state index contributed by atoms with van der Waals surface area (Å²) in [6, 6.07) is 25.6. The lowest BCUT2D eigenvalue weighted by atomic mass is 10.1. The van der Waals surface area contributed by atoms with Crippen LogP contribution in [0.2, 0.25) is 5.02 Å². The summed E-state index contributed by atoms with van der Waals surface area (Å²) in [5.74, 6) is 0. The molecular weight excluding hydrogens is 328 g/mol. The van der Waals surface area contributed by atoms with Crippen LogP contribution in [0.1, 0.15) is 0 Å². The highest BCUT2D eigenvalue weighted by atomic mass is 35.5. The van der Waals surface area contributed by atoms with Crippen LogP contribution in [0.4, 0.5) is 0 Å². The zero-order valence-electron chi connectivity index (χ0n) is 13.6. The monoisotopic (exact) mass is 341 g/mol. The van der Waals surface area contributed by atoms with Crippen molar-refractivity contribution in [3.8, 4) is 11.3 Å². The minimum Gasteiger partial charge on any atom is -0.344 e. The van der Waals surface area contributed by atoms with E-state index >= 15 is 0 Å². The molecule has 0 spiro atoms. The molecule has 0 saturated carbocycles. The number of fused-ring (bicyclic) bond motifs is 4. The number of aryl methyl sites for hydroxylation is 1. The molecule has 25 heavy (non-hydrogen) atoms. The SMILES string of the molecule is Cn1c2ccc(Cl)cc2c2cc(-c3ccc4c[c]ccc4n3)ccc21. The van der Waals surface area contributed by atoms with Crippen molar-refractivity contribution in [2.24, 2.45) is 7.05 Å². The van der Waals surface area contributed by atoms with Crippen LogP contribution in [0.25, 0.3) is 44.0 Å². The largest absolute Gasteiger partial charge is 0.344 e. The van der Waals surface area contributed by atoms with E-state index in [0.717, 1.165) is 27.2 Å². The fourth-order valence-electron chi connectivity index (χ4n) is 3.52. The van der Waals surface area contributed by atoms with Gasteiger partial charge in [0.05, 0.1) is 11.2 Å². The maximum atomic E-state index is 6.23. The molecule has 1 radical (unpaired) electrons. The van der Waals surface area contributed by atoms with Gasteiger partial charge in [0, 0.05) is 44.8 Å². The van der Waals surface area contributed by atoms with E-state index in [1.165, 1.54) is 21.8 Å². The standard InChI is InChI=1S/C22H14ClN2/c1-25-21-10-7-15(12-17(21)18-13-16(23)8-11-22(18)25)20-9-6-14-4-2-3-5-19(14)24-20/h3-13H,1H3. The molecule has 5 aromatic rings. The first-order valence-corrected chi connectivity index (χ1v) is 8.53. The van der Waals surface area contributed by atoms with Gasteiger partial charge < -0.3 is 4.57 Å². The third-order valence-electron chi connectivity index (χ3n) is 4.80. The predicted octanol–water partition coefficient (Wildman–Crippen LogP) is 6.00. The lowest BCUT2D eigenvalue weighted by molar-refractivity contribution is 1.01. The van der Waals surface area contributed by atoms with Gasteiger partial charge in [0.2, 0.25) is 0 Å². The van der Waals surface area contributed by atoms with Crippen molar-refractivity contribution in [1.82, 2.24) is 9.55 Å². The van der Waals surface area contributed by atoms with Gasteiger partial charge in [-0.15, -0.1) is 0 Å². The number of aromatic nitrogens is 2. The zero-order chi connectivity index (χ0) is 17.0. The Hall–Kier alpha value is -2.84. The van der Waals surface area contributed by atoms with Crippen LogP contribution in [0.15, 0.2) is 66.7 Å². The van der Waals surface area contributed by atoms with Gasteiger partial charge in [-0.1, -0.05) is 29.8 Å². The van der Waals surface area contributed by atoms with Gasteiger partial charge in [-0.3, -0.25) is 0 Å². The summed E-state index contributed by atoms with van der Waals surface area (Å²) in [6.45, 7) is 0. The van der Waals surface area contributed by atoms with E-state index < -0.39 is 0 Å². The molecule has 0 unspecified atom stereocenters. The third-order valence-corrected chi connectivity index (χ3v) is 5.03. The molecule has 0 amide bonds. The van der Waals surface area contributed by atoms with Gasteiger partial charge in [0.15, 0.2) is 0 Å². The van der Waals surface area contributed by atoms with Crippen LogP contribution in [0.3, 0.4) is 0 Å². The van der Waals surface area contributed by atoms with E-state index in [4.69, 9.17) is 16.6 Å². The normalized spacial score (nSPS) is 11.6. The van der Waals surface area contributed by atoms with Crippen LogP contribution in [-0.4, -0.2) is 9.55 Å². The van der Waals surface area contributed by atoms with Crippen LogP contribution in [0, 0.1) is 6.07 Å². The highest BCUT2D eigenvalue weighted by Crippen LogP contribution is 2.33. The zero-order valence-corrected chi connectivity index (χ0v) is 14.4. The van der Waals surface area contributed by atoms with E-state index in [0.29, 0.717) is 0 Å². The van der Waals surface area contributed by atoms with Crippen molar-refractivity contribution < 1.29 is 0 Å². The number of pyridine rings is 1. The Kier molecular flexibility index (Phi) is 3.09. The maximum Gasteiger partial charge on any atom is 0.0709 e. The summed E-state index contributed by atoms with van der Waals surface area (Å²) < 4.78 is 2.20. The van der Waals surface area contributed by atoms with Gasteiger partial charge in [0.1, 0.15) is 0 Å². The third kappa shape index (κ3) is 2.22. The van der Waals surface area contributed by atoms with Crippen LogP contribution in [-0.2, 0) is 7.05 Å². The van der Waals surface area contributed by atoms with Crippen molar-refractivity contribution >= 4 is 44.3 Å². The van der Waals surface area contributed by atoms with Crippen molar-refractivity contribution in [3.63, 3.8) is 0 Å². The molecule has 0 aliphatic heterocycles. The Morgan fingerprint density at radius 2 is 1.72 bits per heavy atom. The smallest absolute Gasteiger partial charge is 0.0709 e. The highest BCUT2D eigenvalue weighted by Gasteiger charge is 2.10. The van der Waals surface area contributed by atoms with Crippen LogP contribution < -0.4 is 0 Å². The van der Waals surface area contributed by atoms with Gasteiger partial charge in [0.25, 0.3) is 0 Å². The summed E-state index contributed by atoms with van der Waals surface area (Å²) in [6.07, 6.45) is 0. The quantitative estimate of drug-likeness (QED) is 0.365.